The number of nitrogens with zero attached hydrogens (tertiary/aromatic N) is 1. The molecule has 0 aromatic carbocycles. The van der Waals surface area contributed by atoms with Crippen LogP contribution in [0.25, 0.3) is 0 Å². The number of rotatable bonds is 2. The van der Waals surface area contributed by atoms with E-state index in [2.05, 4.69) is 4.98 Å². The number of hydrogen-bond donors (Lipinski definition) is 0. The summed E-state index contributed by atoms with van der Waals surface area (Å²) in [7, 11) is -0.290. The molecule has 3 rings (SSSR count). The maximum atomic E-state index is 13.9. The molecule has 1 saturated heterocycles. The second-order valence-electron chi connectivity index (χ2n) is 6.65. The fraction of sp³-hybridized carbons (Fsp3) is 0.643. The molecule has 1 aliphatic heterocycles. The Bertz CT molecular complexity index is 536. The van der Waals surface area contributed by atoms with Crippen LogP contribution < -0.4 is 0 Å². The smallest absolute Gasteiger partial charge is 0.403 e. The summed E-state index contributed by atoms with van der Waals surface area (Å²) >= 11 is 5.73. The van der Waals surface area contributed by atoms with Gasteiger partial charge in [0.15, 0.2) is 0 Å². The molecule has 1 unspecified atom stereocenters. The number of hydrogen-bond acceptors (Lipinski definition) is 3. The molecule has 2 fully saturated rings. The summed E-state index contributed by atoms with van der Waals surface area (Å²) in [6.07, 6.45) is 2.32. The normalized spacial score (nSPS) is 30.6. The topological polar surface area (TPSA) is 31.4 Å². The molecule has 20 heavy (non-hydrogen) atoms. The molecule has 0 spiro atoms. The molecule has 1 aromatic heterocycles. The Balaban J connectivity index is 1.74. The van der Waals surface area contributed by atoms with Gasteiger partial charge in [0, 0.05) is 17.9 Å². The number of halogens is 2. The summed E-state index contributed by atoms with van der Waals surface area (Å²) in [5.41, 5.74) is -0.234. The van der Waals surface area contributed by atoms with Gasteiger partial charge in [-0.1, -0.05) is 11.6 Å². The van der Waals surface area contributed by atoms with E-state index in [0.29, 0.717) is 10.7 Å². The molecular weight excluding hydrogens is 279 g/mol. The lowest BCUT2D eigenvalue weighted by atomic mass is 9.80. The third-order valence-electron chi connectivity index (χ3n) is 4.65. The fourth-order valence-corrected chi connectivity index (χ4v) is 2.74. The maximum Gasteiger partial charge on any atom is 0.461 e. The van der Waals surface area contributed by atoms with Gasteiger partial charge in [-0.25, -0.2) is 4.39 Å². The highest BCUT2D eigenvalue weighted by Crippen LogP contribution is 2.58. The Kier molecular flexibility index (Phi) is 3.16. The van der Waals surface area contributed by atoms with Crippen LogP contribution in [0.15, 0.2) is 12.3 Å². The molecule has 2 aliphatic rings. The SMILES string of the molecule is CC1(C)OB([C@@H]2CC2c2ncc(Cl)cc2F)OC1(C)C. The van der Waals surface area contributed by atoms with Gasteiger partial charge in [0.2, 0.25) is 0 Å². The van der Waals surface area contributed by atoms with Gasteiger partial charge in [0.05, 0.1) is 21.9 Å². The molecule has 2 heterocycles. The second-order valence-corrected chi connectivity index (χ2v) is 7.09. The maximum absolute atomic E-state index is 13.9. The third kappa shape index (κ3) is 2.26. The average Bonchev–Trinajstić information content (AvgIpc) is 3.02. The molecule has 1 saturated carbocycles. The van der Waals surface area contributed by atoms with E-state index in [1.807, 2.05) is 27.7 Å². The van der Waals surface area contributed by atoms with Gasteiger partial charge in [-0.05, 0) is 40.2 Å². The highest BCUT2D eigenvalue weighted by atomic mass is 35.5. The summed E-state index contributed by atoms with van der Waals surface area (Å²) in [6, 6.07) is 1.31. The molecule has 0 N–H and O–H groups in total. The summed E-state index contributed by atoms with van der Waals surface area (Å²) in [5.74, 6) is -0.122. The summed E-state index contributed by atoms with van der Waals surface area (Å²) in [5, 5.41) is 0.319. The zero-order valence-corrected chi connectivity index (χ0v) is 12.9. The van der Waals surface area contributed by atoms with Gasteiger partial charge in [-0.3, -0.25) is 4.98 Å². The Morgan fingerprint density at radius 1 is 1.30 bits per heavy atom. The van der Waals surface area contributed by atoms with Crippen molar-refractivity contribution in [2.24, 2.45) is 0 Å². The molecule has 3 nitrogen and oxygen atoms in total. The zero-order valence-electron chi connectivity index (χ0n) is 12.1. The van der Waals surface area contributed by atoms with Crippen LogP contribution in [0.4, 0.5) is 4.39 Å². The molecular formula is C14H18BClFNO2. The summed E-state index contributed by atoms with van der Waals surface area (Å²) in [4.78, 5) is 4.12. The molecule has 1 aliphatic carbocycles. The third-order valence-corrected chi connectivity index (χ3v) is 4.86. The predicted molar refractivity (Wildman–Crippen MR) is 76.4 cm³/mol. The van der Waals surface area contributed by atoms with Crippen molar-refractivity contribution in [1.82, 2.24) is 4.98 Å². The van der Waals surface area contributed by atoms with Crippen molar-refractivity contribution in [3.05, 3.63) is 28.8 Å². The van der Waals surface area contributed by atoms with Crippen molar-refractivity contribution in [1.29, 1.82) is 0 Å². The van der Waals surface area contributed by atoms with Gasteiger partial charge < -0.3 is 9.31 Å². The van der Waals surface area contributed by atoms with Crippen molar-refractivity contribution >= 4 is 18.7 Å². The monoisotopic (exact) mass is 297 g/mol. The second kappa shape index (κ2) is 4.42. The van der Waals surface area contributed by atoms with E-state index in [-0.39, 0.29) is 35.9 Å². The molecule has 0 radical (unpaired) electrons. The highest BCUT2D eigenvalue weighted by Gasteiger charge is 2.60. The van der Waals surface area contributed by atoms with Crippen LogP contribution in [0.2, 0.25) is 10.8 Å². The van der Waals surface area contributed by atoms with E-state index in [1.165, 1.54) is 12.3 Å². The molecule has 0 bridgehead atoms. The molecule has 1 aromatic rings. The summed E-state index contributed by atoms with van der Waals surface area (Å²) in [6.45, 7) is 8.08. The number of pyridine rings is 1. The molecule has 6 heteroatoms. The fourth-order valence-electron chi connectivity index (χ4n) is 2.59. The lowest BCUT2D eigenvalue weighted by Crippen LogP contribution is -2.41. The minimum absolute atomic E-state index is 0.0574. The van der Waals surface area contributed by atoms with Crippen LogP contribution in [-0.2, 0) is 9.31 Å². The standard InChI is InChI=1S/C14H18BClFNO2/c1-13(2)14(3,4)20-15(19-13)10-6-9(10)12-11(17)5-8(16)7-18-12/h5,7,9-10H,6H2,1-4H3/t9?,10-/m1/s1. The Labute approximate surface area is 124 Å². The van der Waals surface area contributed by atoms with Gasteiger partial charge in [-0.15, -0.1) is 0 Å². The predicted octanol–water partition coefficient (Wildman–Crippen LogP) is 3.82. The van der Waals surface area contributed by atoms with E-state index in [1.54, 1.807) is 0 Å². The van der Waals surface area contributed by atoms with Gasteiger partial charge in [-0.2, -0.15) is 0 Å². The van der Waals surface area contributed by atoms with Crippen LogP contribution in [0.5, 0.6) is 0 Å². The molecule has 108 valence electrons. The number of aromatic nitrogens is 1. The Morgan fingerprint density at radius 2 is 1.90 bits per heavy atom. The van der Waals surface area contributed by atoms with Crippen LogP contribution in [0, 0.1) is 5.82 Å². The van der Waals surface area contributed by atoms with E-state index in [0.717, 1.165) is 6.42 Å². The minimum atomic E-state index is -0.350. The first-order chi connectivity index (χ1) is 9.21. The lowest BCUT2D eigenvalue weighted by Gasteiger charge is -2.32. The van der Waals surface area contributed by atoms with E-state index >= 15 is 0 Å². The Morgan fingerprint density at radius 3 is 2.45 bits per heavy atom. The van der Waals surface area contributed by atoms with E-state index in [4.69, 9.17) is 20.9 Å². The minimum Gasteiger partial charge on any atom is -0.403 e. The largest absolute Gasteiger partial charge is 0.461 e. The summed E-state index contributed by atoms with van der Waals surface area (Å²) < 4.78 is 25.9. The first-order valence-corrected chi connectivity index (χ1v) is 7.26. The first kappa shape index (κ1) is 14.3. The first-order valence-electron chi connectivity index (χ1n) is 6.88. The van der Waals surface area contributed by atoms with Crippen LogP contribution in [-0.4, -0.2) is 23.3 Å². The van der Waals surface area contributed by atoms with Crippen molar-refractivity contribution < 1.29 is 13.7 Å². The van der Waals surface area contributed by atoms with Gasteiger partial charge >= 0.3 is 7.12 Å². The van der Waals surface area contributed by atoms with Crippen LogP contribution in [0.3, 0.4) is 0 Å². The zero-order chi connectivity index (χ0) is 14.7. The van der Waals surface area contributed by atoms with E-state index < -0.39 is 0 Å². The van der Waals surface area contributed by atoms with Crippen LogP contribution in [0.1, 0.15) is 45.7 Å². The Hall–Kier alpha value is -0.645. The van der Waals surface area contributed by atoms with Gasteiger partial charge in [0.1, 0.15) is 5.82 Å². The van der Waals surface area contributed by atoms with Gasteiger partial charge in [0.25, 0.3) is 0 Å². The van der Waals surface area contributed by atoms with E-state index in [9.17, 15) is 4.39 Å². The van der Waals surface area contributed by atoms with Crippen molar-refractivity contribution in [2.75, 3.05) is 0 Å². The average molecular weight is 298 g/mol. The van der Waals surface area contributed by atoms with Crippen molar-refractivity contribution in [3.8, 4) is 0 Å². The van der Waals surface area contributed by atoms with Crippen molar-refractivity contribution in [2.45, 2.75) is 57.1 Å². The van der Waals surface area contributed by atoms with Crippen LogP contribution >= 0.6 is 11.6 Å². The molecule has 2 atom stereocenters. The highest BCUT2D eigenvalue weighted by molar-refractivity contribution is 6.49. The molecule has 0 amide bonds. The van der Waals surface area contributed by atoms with Crippen molar-refractivity contribution in [3.63, 3.8) is 0 Å². The lowest BCUT2D eigenvalue weighted by molar-refractivity contribution is 0.00578. The quantitative estimate of drug-likeness (QED) is 0.778.